The number of hydrogen-bond donors (Lipinski definition) is 1. The zero-order valence-electron chi connectivity index (χ0n) is 16.4. The molecule has 0 atom stereocenters. The second-order valence-corrected chi connectivity index (χ2v) is 6.60. The Kier molecular flexibility index (Phi) is 7.64. The van der Waals surface area contributed by atoms with Gasteiger partial charge >= 0.3 is 0 Å². The van der Waals surface area contributed by atoms with Crippen LogP contribution in [-0.4, -0.2) is 62.3 Å². The number of carbonyl (C=O) groups excluding carboxylic acids is 3. The van der Waals surface area contributed by atoms with Gasteiger partial charge in [-0.05, 0) is 25.0 Å². The Bertz CT molecular complexity index is 665. The number of ether oxygens (including phenoxy) is 1. The van der Waals surface area contributed by atoms with Crippen LogP contribution in [0.1, 0.15) is 26.7 Å². The quantitative estimate of drug-likeness (QED) is 0.696. The normalized spacial score (nSPS) is 14.2. The zero-order chi connectivity index (χ0) is 19.8. The number of hydrogen-bond acceptors (Lipinski definition) is 5. The summed E-state index contributed by atoms with van der Waals surface area (Å²) in [4.78, 5) is 40.2. The first-order valence-corrected chi connectivity index (χ1v) is 9.49. The Morgan fingerprint density at radius 3 is 2.30 bits per heavy atom. The van der Waals surface area contributed by atoms with Gasteiger partial charge in [-0.2, -0.15) is 0 Å². The van der Waals surface area contributed by atoms with E-state index in [-0.39, 0.29) is 18.4 Å². The number of ketones is 1. The van der Waals surface area contributed by atoms with Crippen LogP contribution in [0.3, 0.4) is 0 Å². The van der Waals surface area contributed by atoms with E-state index in [0.29, 0.717) is 39.0 Å². The molecule has 1 aliphatic rings. The van der Waals surface area contributed by atoms with Crippen LogP contribution in [0.25, 0.3) is 0 Å². The monoisotopic (exact) mass is 375 g/mol. The van der Waals surface area contributed by atoms with Crippen molar-refractivity contribution in [2.45, 2.75) is 26.7 Å². The van der Waals surface area contributed by atoms with Crippen molar-refractivity contribution in [1.82, 2.24) is 10.2 Å². The summed E-state index contributed by atoms with van der Waals surface area (Å²) in [6.07, 6.45) is 1.25. The molecule has 148 valence electrons. The SMILES string of the molecule is CCC(CC)C(=O)C(=O)NCC(=O)N1CCN(c2ccccc2OC)CC1. The summed E-state index contributed by atoms with van der Waals surface area (Å²) in [6.45, 7) is 6.12. The first-order chi connectivity index (χ1) is 13.0. The smallest absolute Gasteiger partial charge is 0.288 e. The fourth-order valence-corrected chi connectivity index (χ4v) is 3.29. The third-order valence-corrected chi connectivity index (χ3v) is 5.04. The zero-order valence-corrected chi connectivity index (χ0v) is 16.4. The Hall–Kier alpha value is -2.57. The molecule has 0 aromatic heterocycles. The fraction of sp³-hybridized carbons (Fsp3) is 0.550. The van der Waals surface area contributed by atoms with Crippen LogP contribution in [0.15, 0.2) is 24.3 Å². The molecular formula is C20H29N3O4. The van der Waals surface area contributed by atoms with Gasteiger partial charge in [-0.3, -0.25) is 14.4 Å². The average Bonchev–Trinajstić information content (AvgIpc) is 2.72. The Morgan fingerprint density at radius 1 is 1.07 bits per heavy atom. The van der Waals surface area contributed by atoms with Crippen LogP contribution in [0, 0.1) is 5.92 Å². The molecule has 7 nitrogen and oxygen atoms in total. The highest BCUT2D eigenvalue weighted by Gasteiger charge is 2.25. The number of piperazine rings is 1. The molecule has 0 saturated carbocycles. The molecule has 1 fully saturated rings. The lowest BCUT2D eigenvalue weighted by atomic mass is 9.98. The van der Waals surface area contributed by atoms with Crippen LogP contribution < -0.4 is 15.0 Å². The Labute approximate surface area is 160 Å². The number of amides is 2. The van der Waals surface area contributed by atoms with Gasteiger partial charge in [0.2, 0.25) is 11.7 Å². The summed E-state index contributed by atoms with van der Waals surface area (Å²) in [5.41, 5.74) is 1.01. The molecule has 2 amide bonds. The van der Waals surface area contributed by atoms with Crippen molar-refractivity contribution >= 4 is 23.3 Å². The summed E-state index contributed by atoms with van der Waals surface area (Å²) in [7, 11) is 1.64. The van der Waals surface area contributed by atoms with Crippen molar-refractivity contribution in [2.24, 2.45) is 5.92 Å². The fourth-order valence-electron chi connectivity index (χ4n) is 3.29. The lowest BCUT2D eigenvalue weighted by molar-refractivity contribution is -0.141. The average molecular weight is 375 g/mol. The Balaban J connectivity index is 1.83. The molecule has 0 unspecified atom stereocenters. The molecule has 1 N–H and O–H groups in total. The third-order valence-electron chi connectivity index (χ3n) is 5.04. The van der Waals surface area contributed by atoms with E-state index in [1.165, 1.54) is 0 Å². The van der Waals surface area contributed by atoms with Crippen molar-refractivity contribution in [3.05, 3.63) is 24.3 Å². The molecule has 0 aliphatic carbocycles. The molecule has 1 heterocycles. The maximum Gasteiger partial charge on any atom is 0.288 e. The maximum absolute atomic E-state index is 12.4. The molecule has 1 aromatic carbocycles. The van der Waals surface area contributed by atoms with Gasteiger partial charge < -0.3 is 19.9 Å². The number of nitrogens with zero attached hydrogens (tertiary/aromatic N) is 2. The van der Waals surface area contributed by atoms with Gasteiger partial charge in [0.15, 0.2) is 0 Å². The van der Waals surface area contributed by atoms with Crippen molar-refractivity contribution in [3.63, 3.8) is 0 Å². The molecule has 1 saturated heterocycles. The van der Waals surface area contributed by atoms with Gasteiger partial charge in [-0.15, -0.1) is 0 Å². The van der Waals surface area contributed by atoms with Gasteiger partial charge in [0.1, 0.15) is 5.75 Å². The van der Waals surface area contributed by atoms with E-state index in [1.54, 1.807) is 12.0 Å². The summed E-state index contributed by atoms with van der Waals surface area (Å²) < 4.78 is 5.40. The second-order valence-electron chi connectivity index (χ2n) is 6.60. The molecule has 27 heavy (non-hydrogen) atoms. The number of rotatable bonds is 8. The van der Waals surface area contributed by atoms with Crippen LogP contribution in [-0.2, 0) is 14.4 Å². The van der Waals surface area contributed by atoms with E-state index in [1.807, 2.05) is 38.1 Å². The van der Waals surface area contributed by atoms with Crippen LogP contribution >= 0.6 is 0 Å². The van der Waals surface area contributed by atoms with E-state index < -0.39 is 11.7 Å². The van der Waals surface area contributed by atoms with Crippen molar-refractivity contribution in [1.29, 1.82) is 0 Å². The minimum absolute atomic E-state index is 0.140. The topological polar surface area (TPSA) is 79.0 Å². The highest BCUT2D eigenvalue weighted by molar-refractivity contribution is 6.37. The third kappa shape index (κ3) is 5.21. The van der Waals surface area contributed by atoms with E-state index >= 15 is 0 Å². The summed E-state index contributed by atoms with van der Waals surface area (Å²) in [5, 5.41) is 2.48. The van der Waals surface area contributed by atoms with Crippen molar-refractivity contribution in [2.75, 3.05) is 44.7 Å². The second kappa shape index (κ2) is 9.94. The van der Waals surface area contributed by atoms with E-state index in [0.717, 1.165) is 11.4 Å². The molecule has 0 spiro atoms. The predicted octanol–water partition coefficient (Wildman–Crippen LogP) is 1.47. The summed E-state index contributed by atoms with van der Waals surface area (Å²) >= 11 is 0. The highest BCUT2D eigenvalue weighted by Crippen LogP contribution is 2.28. The number of Topliss-reactive ketones (excluding diaryl/α,β-unsaturated/α-hetero) is 1. The van der Waals surface area contributed by atoms with Gasteiger partial charge in [0.25, 0.3) is 5.91 Å². The van der Waals surface area contributed by atoms with E-state index in [2.05, 4.69) is 10.2 Å². The van der Waals surface area contributed by atoms with Gasteiger partial charge in [-0.1, -0.05) is 26.0 Å². The van der Waals surface area contributed by atoms with Gasteiger partial charge in [-0.25, -0.2) is 0 Å². The Morgan fingerprint density at radius 2 is 1.70 bits per heavy atom. The molecule has 0 radical (unpaired) electrons. The predicted molar refractivity (Wildman–Crippen MR) is 104 cm³/mol. The maximum atomic E-state index is 12.4. The molecule has 0 bridgehead atoms. The van der Waals surface area contributed by atoms with Crippen molar-refractivity contribution < 1.29 is 19.1 Å². The van der Waals surface area contributed by atoms with Gasteiger partial charge in [0, 0.05) is 32.1 Å². The largest absolute Gasteiger partial charge is 0.495 e. The summed E-state index contributed by atoms with van der Waals surface area (Å²) in [6, 6.07) is 7.80. The minimum atomic E-state index is -0.662. The standard InChI is InChI=1S/C20H29N3O4/c1-4-15(5-2)19(25)20(26)21-14-18(24)23-12-10-22(11-13-23)16-8-6-7-9-17(16)27-3/h6-9,15H,4-5,10-14H2,1-3H3,(H,21,26). The minimum Gasteiger partial charge on any atom is -0.495 e. The highest BCUT2D eigenvalue weighted by atomic mass is 16.5. The van der Waals surface area contributed by atoms with Crippen LogP contribution in [0.2, 0.25) is 0 Å². The lowest BCUT2D eigenvalue weighted by Crippen LogP contribution is -2.52. The molecule has 1 aliphatic heterocycles. The number of anilines is 1. The molecular weight excluding hydrogens is 346 g/mol. The molecule has 1 aromatic rings. The number of methoxy groups -OCH3 is 1. The lowest BCUT2D eigenvalue weighted by Gasteiger charge is -2.36. The van der Waals surface area contributed by atoms with Crippen LogP contribution in [0.5, 0.6) is 5.75 Å². The first kappa shape index (κ1) is 20.7. The van der Waals surface area contributed by atoms with E-state index in [9.17, 15) is 14.4 Å². The molecule has 2 rings (SSSR count). The van der Waals surface area contributed by atoms with Gasteiger partial charge in [0.05, 0.1) is 19.3 Å². The first-order valence-electron chi connectivity index (χ1n) is 9.49. The van der Waals surface area contributed by atoms with Crippen LogP contribution in [0.4, 0.5) is 5.69 Å². The number of para-hydroxylation sites is 2. The number of nitrogens with one attached hydrogen (secondary N) is 1. The summed E-state index contributed by atoms with van der Waals surface area (Å²) in [5.74, 6) is -0.729. The number of benzene rings is 1. The molecule has 7 heteroatoms. The number of carbonyl (C=O) groups is 3. The van der Waals surface area contributed by atoms with E-state index in [4.69, 9.17) is 4.74 Å². The van der Waals surface area contributed by atoms with Crippen molar-refractivity contribution in [3.8, 4) is 5.75 Å².